The number of halogens is 3. The molecule has 1 saturated carbocycles. The molecule has 1 aliphatic carbocycles. The van der Waals surface area contributed by atoms with E-state index in [1.54, 1.807) is 0 Å². The summed E-state index contributed by atoms with van der Waals surface area (Å²) in [6.45, 7) is 2.79. The molecule has 1 aromatic rings. The summed E-state index contributed by atoms with van der Waals surface area (Å²) in [6, 6.07) is 5.46. The van der Waals surface area contributed by atoms with Gasteiger partial charge in [0.05, 0.1) is 6.42 Å². The predicted molar refractivity (Wildman–Crippen MR) is 99.9 cm³/mol. The lowest BCUT2D eigenvalue weighted by Gasteiger charge is -2.43. The van der Waals surface area contributed by atoms with Crippen molar-refractivity contribution in [3.63, 3.8) is 0 Å². The number of benzene rings is 1. The molecule has 0 atom stereocenters. The number of carbonyl (C=O) groups excluding carboxylic acids is 1. The average molecular weight is 402 g/mol. The molecule has 1 saturated heterocycles. The fraction of sp³-hybridized carbons (Fsp3) is 0.632. The maximum atomic E-state index is 12.4. The summed E-state index contributed by atoms with van der Waals surface area (Å²) in [6.07, 6.45) is 0.0584. The third-order valence-corrected chi connectivity index (χ3v) is 6.29. The summed E-state index contributed by atoms with van der Waals surface area (Å²) in [5.41, 5.74) is 0.734. The minimum atomic E-state index is -4.71. The van der Waals surface area contributed by atoms with Crippen LogP contribution in [0.5, 0.6) is 5.75 Å². The number of nitrogens with one attached hydrogen (secondary N) is 1. The standard InChI is InChI=1S/C19H25F3N2O2S/c20-19(21,22)26-16-5-3-15(4-6-16)13-17(25)23-14-18(7-1-2-8-18)24-9-11-27-12-10-24/h3-6H,1-2,7-14H2,(H,23,25). The van der Waals surface area contributed by atoms with Crippen LogP contribution in [-0.4, -0.2) is 53.8 Å². The van der Waals surface area contributed by atoms with Gasteiger partial charge in [-0.25, -0.2) is 0 Å². The summed E-state index contributed by atoms with van der Waals surface area (Å²) < 4.78 is 40.4. The van der Waals surface area contributed by atoms with Gasteiger partial charge in [-0.1, -0.05) is 25.0 Å². The van der Waals surface area contributed by atoms with Gasteiger partial charge in [0.2, 0.25) is 5.91 Å². The Bertz CT molecular complexity index is 625. The molecule has 1 heterocycles. The highest BCUT2D eigenvalue weighted by Crippen LogP contribution is 2.36. The van der Waals surface area contributed by atoms with Crippen molar-refractivity contribution in [2.75, 3.05) is 31.1 Å². The minimum Gasteiger partial charge on any atom is -0.406 e. The molecule has 150 valence electrons. The predicted octanol–water partition coefficient (Wildman–Crippen LogP) is 3.61. The van der Waals surface area contributed by atoms with Gasteiger partial charge in [-0.15, -0.1) is 13.2 Å². The quantitative estimate of drug-likeness (QED) is 0.789. The molecular weight excluding hydrogens is 377 g/mol. The first-order valence-corrected chi connectivity index (χ1v) is 10.5. The second-order valence-electron chi connectivity index (χ2n) is 7.18. The van der Waals surface area contributed by atoms with Crippen LogP contribution in [0.15, 0.2) is 24.3 Å². The Morgan fingerprint density at radius 2 is 1.78 bits per heavy atom. The smallest absolute Gasteiger partial charge is 0.406 e. The molecule has 27 heavy (non-hydrogen) atoms. The van der Waals surface area contributed by atoms with E-state index in [1.165, 1.54) is 37.1 Å². The molecule has 0 bridgehead atoms. The van der Waals surface area contributed by atoms with E-state index in [9.17, 15) is 18.0 Å². The zero-order valence-corrected chi connectivity index (χ0v) is 16.0. The molecule has 4 nitrogen and oxygen atoms in total. The third kappa shape index (κ3) is 5.78. The molecule has 3 rings (SSSR count). The number of amides is 1. The van der Waals surface area contributed by atoms with Crippen molar-refractivity contribution in [3.8, 4) is 5.75 Å². The lowest BCUT2D eigenvalue weighted by Crippen LogP contribution is -2.56. The highest BCUT2D eigenvalue weighted by Gasteiger charge is 2.40. The SMILES string of the molecule is O=C(Cc1ccc(OC(F)(F)F)cc1)NCC1(N2CCSCC2)CCCC1. The van der Waals surface area contributed by atoms with Crippen LogP contribution in [0.2, 0.25) is 0 Å². The lowest BCUT2D eigenvalue weighted by molar-refractivity contribution is -0.274. The molecule has 2 fully saturated rings. The van der Waals surface area contributed by atoms with Crippen LogP contribution in [0, 0.1) is 0 Å². The van der Waals surface area contributed by atoms with Gasteiger partial charge in [0, 0.05) is 36.7 Å². The Labute approximate surface area is 161 Å². The van der Waals surface area contributed by atoms with Crippen LogP contribution in [0.4, 0.5) is 13.2 Å². The summed E-state index contributed by atoms with van der Waals surface area (Å²) in [4.78, 5) is 14.9. The van der Waals surface area contributed by atoms with Crippen molar-refractivity contribution < 1.29 is 22.7 Å². The number of carbonyl (C=O) groups is 1. The lowest BCUT2D eigenvalue weighted by atomic mass is 9.94. The van der Waals surface area contributed by atoms with Crippen LogP contribution in [-0.2, 0) is 11.2 Å². The van der Waals surface area contributed by atoms with Gasteiger partial charge in [0.1, 0.15) is 5.75 Å². The van der Waals surface area contributed by atoms with Gasteiger partial charge >= 0.3 is 6.36 Å². The van der Waals surface area contributed by atoms with Gasteiger partial charge < -0.3 is 10.1 Å². The summed E-state index contributed by atoms with van der Waals surface area (Å²) in [5.74, 6) is 1.90. The summed E-state index contributed by atoms with van der Waals surface area (Å²) in [7, 11) is 0. The number of hydrogen-bond donors (Lipinski definition) is 1. The fourth-order valence-corrected chi connectivity index (χ4v) is 4.90. The van der Waals surface area contributed by atoms with Gasteiger partial charge in [0.15, 0.2) is 0 Å². The van der Waals surface area contributed by atoms with E-state index in [-0.39, 0.29) is 23.6 Å². The van der Waals surface area contributed by atoms with Crippen LogP contribution in [0.3, 0.4) is 0 Å². The zero-order valence-electron chi connectivity index (χ0n) is 15.2. The van der Waals surface area contributed by atoms with Gasteiger partial charge in [-0.2, -0.15) is 11.8 Å². The van der Waals surface area contributed by atoms with Crippen LogP contribution in [0.25, 0.3) is 0 Å². The number of alkyl halides is 3. The van der Waals surface area contributed by atoms with Gasteiger partial charge in [-0.3, -0.25) is 9.69 Å². The Morgan fingerprint density at radius 1 is 1.15 bits per heavy atom. The van der Waals surface area contributed by atoms with E-state index in [2.05, 4.69) is 15.0 Å². The third-order valence-electron chi connectivity index (χ3n) is 5.35. The summed E-state index contributed by atoms with van der Waals surface area (Å²) in [5, 5.41) is 3.07. The van der Waals surface area contributed by atoms with Gasteiger partial charge in [-0.05, 0) is 30.5 Å². The second-order valence-corrected chi connectivity index (χ2v) is 8.40. The maximum absolute atomic E-state index is 12.4. The first-order valence-electron chi connectivity index (χ1n) is 9.31. The molecule has 0 aromatic heterocycles. The minimum absolute atomic E-state index is 0.0705. The van der Waals surface area contributed by atoms with Crippen molar-refractivity contribution in [3.05, 3.63) is 29.8 Å². The Kier molecular flexibility index (Phi) is 6.57. The van der Waals surface area contributed by atoms with Crippen LogP contribution >= 0.6 is 11.8 Å². The van der Waals surface area contributed by atoms with Crippen molar-refractivity contribution in [1.29, 1.82) is 0 Å². The molecule has 2 aliphatic rings. The van der Waals surface area contributed by atoms with Crippen molar-refractivity contribution in [1.82, 2.24) is 10.2 Å². The molecule has 0 radical (unpaired) electrons. The molecule has 1 amide bonds. The van der Waals surface area contributed by atoms with Crippen LogP contribution in [0.1, 0.15) is 31.2 Å². The van der Waals surface area contributed by atoms with Crippen molar-refractivity contribution >= 4 is 17.7 Å². The number of thioether (sulfide) groups is 1. The average Bonchev–Trinajstić information content (AvgIpc) is 3.12. The van der Waals surface area contributed by atoms with Crippen molar-refractivity contribution in [2.45, 2.75) is 44.0 Å². The Balaban J connectivity index is 1.52. The molecule has 1 aliphatic heterocycles. The highest BCUT2D eigenvalue weighted by molar-refractivity contribution is 7.99. The number of hydrogen-bond acceptors (Lipinski definition) is 4. The first kappa shape index (κ1) is 20.3. The first-order chi connectivity index (χ1) is 12.9. The topological polar surface area (TPSA) is 41.6 Å². The fourth-order valence-electron chi connectivity index (χ4n) is 4.00. The molecule has 1 N–H and O–H groups in total. The van der Waals surface area contributed by atoms with E-state index in [0.717, 1.165) is 37.4 Å². The monoisotopic (exact) mass is 402 g/mol. The highest BCUT2D eigenvalue weighted by atomic mass is 32.2. The maximum Gasteiger partial charge on any atom is 0.573 e. The van der Waals surface area contributed by atoms with Gasteiger partial charge in [0.25, 0.3) is 0 Å². The molecule has 1 aromatic carbocycles. The number of rotatable bonds is 6. The normalized spacial score (nSPS) is 20.4. The molecule has 0 spiro atoms. The van der Waals surface area contributed by atoms with Crippen LogP contribution < -0.4 is 10.1 Å². The number of ether oxygens (including phenoxy) is 1. The Morgan fingerprint density at radius 3 is 2.37 bits per heavy atom. The van der Waals surface area contributed by atoms with E-state index < -0.39 is 6.36 Å². The molecule has 8 heteroatoms. The largest absolute Gasteiger partial charge is 0.573 e. The molecular formula is C19H25F3N2O2S. The Hall–Kier alpha value is -1.41. The van der Waals surface area contributed by atoms with E-state index in [1.807, 2.05) is 11.8 Å². The van der Waals surface area contributed by atoms with Crippen molar-refractivity contribution in [2.24, 2.45) is 0 Å². The van der Waals surface area contributed by atoms with E-state index in [4.69, 9.17) is 0 Å². The summed E-state index contributed by atoms with van der Waals surface area (Å²) >= 11 is 1.98. The number of nitrogens with zero attached hydrogens (tertiary/aromatic N) is 1. The van der Waals surface area contributed by atoms with E-state index >= 15 is 0 Å². The zero-order chi connectivity index (χ0) is 19.3. The molecule has 0 unspecified atom stereocenters. The van der Waals surface area contributed by atoms with E-state index in [0.29, 0.717) is 12.1 Å². The second kappa shape index (κ2) is 8.73.